The molecule has 22 heavy (non-hydrogen) atoms. The van der Waals surface area contributed by atoms with Crippen molar-refractivity contribution in [2.24, 2.45) is 5.73 Å². The van der Waals surface area contributed by atoms with Crippen molar-refractivity contribution in [3.8, 4) is 0 Å². The van der Waals surface area contributed by atoms with Crippen LogP contribution in [0.1, 0.15) is 29.7 Å². The molecule has 1 unspecified atom stereocenters. The molecular weight excluding hydrogens is 316 g/mol. The number of nitrogens with zero attached hydrogens (tertiary/aromatic N) is 1. The summed E-state index contributed by atoms with van der Waals surface area (Å²) in [7, 11) is 0. The maximum atomic E-state index is 12.8. The van der Waals surface area contributed by atoms with Crippen LogP contribution in [0.2, 0.25) is 4.34 Å². The monoisotopic (exact) mass is 336 g/mol. The van der Waals surface area contributed by atoms with Gasteiger partial charge in [-0.1, -0.05) is 41.9 Å². The highest BCUT2D eigenvalue weighted by atomic mass is 35.5. The van der Waals surface area contributed by atoms with Gasteiger partial charge in [-0.15, -0.1) is 11.3 Å². The van der Waals surface area contributed by atoms with E-state index in [-0.39, 0.29) is 11.8 Å². The highest BCUT2D eigenvalue weighted by Crippen LogP contribution is 2.29. The number of hydrogen-bond acceptors (Lipinski definition) is 3. The molecule has 0 aliphatic carbocycles. The molecule has 0 bridgehead atoms. The first-order valence-corrected chi connectivity index (χ1v) is 8.59. The van der Waals surface area contributed by atoms with E-state index in [0.717, 1.165) is 16.9 Å². The van der Waals surface area contributed by atoms with Gasteiger partial charge in [0.1, 0.15) is 0 Å². The molecule has 0 radical (unpaired) electrons. The first kappa shape index (κ1) is 17.0. The topological polar surface area (TPSA) is 46.3 Å². The summed E-state index contributed by atoms with van der Waals surface area (Å²) in [5.74, 6) is -0.0604. The zero-order valence-corrected chi connectivity index (χ0v) is 14.2. The van der Waals surface area contributed by atoms with E-state index in [9.17, 15) is 4.79 Å². The lowest BCUT2D eigenvalue weighted by atomic mass is 10.1. The van der Waals surface area contributed by atoms with Crippen LogP contribution in [0.5, 0.6) is 0 Å². The van der Waals surface area contributed by atoms with Gasteiger partial charge >= 0.3 is 0 Å². The Kier molecular flexibility index (Phi) is 6.43. The van der Waals surface area contributed by atoms with Crippen LogP contribution in [0.3, 0.4) is 0 Å². The Morgan fingerprint density at radius 1 is 1.27 bits per heavy atom. The number of thiophene rings is 1. The average molecular weight is 337 g/mol. The first-order valence-electron chi connectivity index (χ1n) is 7.40. The zero-order chi connectivity index (χ0) is 15.9. The molecule has 2 rings (SSSR count). The second-order valence-electron chi connectivity index (χ2n) is 5.25. The normalized spacial score (nSPS) is 12.1. The summed E-state index contributed by atoms with van der Waals surface area (Å²) < 4.78 is 0.714. The van der Waals surface area contributed by atoms with Gasteiger partial charge in [-0.2, -0.15) is 0 Å². The molecule has 0 saturated heterocycles. The molecule has 0 aliphatic heterocycles. The molecule has 0 spiro atoms. The molecule has 1 amide bonds. The fourth-order valence-electron chi connectivity index (χ4n) is 2.31. The molecule has 2 aromatic rings. The van der Waals surface area contributed by atoms with E-state index in [1.54, 1.807) is 0 Å². The van der Waals surface area contributed by atoms with E-state index < -0.39 is 0 Å². The molecule has 5 heteroatoms. The highest BCUT2D eigenvalue weighted by Gasteiger charge is 2.23. The quantitative estimate of drug-likeness (QED) is 0.834. The molecule has 1 aromatic carbocycles. The van der Waals surface area contributed by atoms with E-state index in [1.165, 1.54) is 11.3 Å². The maximum absolute atomic E-state index is 12.8. The van der Waals surface area contributed by atoms with Crippen LogP contribution < -0.4 is 5.73 Å². The summed E-state index contributed by atoms with van der Waals surface area (Å²) in [5.41, 5.74) is 6.74. The van der Waals surface area contributed by atoms with E-state index in [0.29, 0.717) is 24.0 Å². The minimum Gasteiger partial charge on any atom is -0.338 e. The van der Waals surface area contributed by atoms with Crippen molar-refractivity contribution in [2.45, 2.75) is 25.8 Å². The van der Waals surface area contributed by atoms with Crippen LogP contribution in [0.15, 0.2) is 42.5 Å². The van der Waals surface area contributed by atoms with Crippen molar-refractivity contribution in [3.63, 3.8) is 0 Å². The molecule has 3 nitrogen and oxygen atoms in total. The molecule has 0 fully saturated rings. The third kappa shape index (κ3) is 4.57. The van der Waals surface area contributed by atoms with Gasteiger partial charge < -0.3 is 10.6 Å². The van der Waals surface area contributed by atoms with Crippen LogP contribution in [0, 0.1) is 0 Å². The molecule has 0 saturated carbocycles. The van der Waals surface area contributed by atoms with Gasteiger partial charge in [0.25, 0.3) is 0 Å². The first-order chi connectivity index (χ1) is 10.6. The molecule has 0 aliphatic rings. The zero-order valence-electron chi connectivity index (χ0n) is 12.7. The second kappa shape index (κ2) is 8.32. The van der Waals surface area contributed by atoms with Gasteiger partial charge in [0.15, 0.2) is 0 Å². The van der Waals surface area contributed by atoms with Crippen LogP contribution >= 0.6 is 22.9 Å². The lowest BCUT2D eigenvalue weighted by Crippen LogP contribution is -2.35. The Balaban J connectivity index is 2.11. The van der Waals surface area contributed by atoms with Gasteiger partial charge in [0.2, 0.25) is 5.91 Å². The van der Waals surface area contributed by atoms with Crippen LogP contribution in [-0.4, -0.2) is 23.9 Å². The van der Waals surface area contributed by atoms with Crippen molar-refractivity contribution < 1.29 is 4.79 Å². The van der Waals surface area contributed by atoms with Crippen LogP contribution in [0.25, 0.3) is 0 Å². The summed E-state index contributed by atoms with van der Waals surface area (Å²) in [5, 5.41) is 0. The second-order valence-corrected chi connectivity index (χ2v) is 7.00. The number of benzene rings is 1. The largest absolute Gasteiger partial charge is 0.338 e. The number of rotatable bonds is 7. The number of nitrogens with two attached hydrogens (primary N) is 1. The SMILES string of the molecule is CC(C(=O)N(CCCN)Cc1ccccc1)c1ccc(Cl)s1. The van der Waals surface area contributed by atoms with E-state index in [1.807, 2.05) is 54.3 Å². The van der Waals surface area contributed by atoms with Gasteiger partial charge in [0.05, 0.1) is 10.3 Å². The smallest absolute Gasteiger partial charge is 0.230 e. The van der Waals surface area contributed by atoms with Gasteiger partial charge in [-0.05, 0) is 37.6 Å². The van der Waals surface area contributed by atoms with Crippen LogP contribution in [0.4, 0.5) is 0 Å². The van der Waals surface area contributed by atoms with Gasteiger partial charge in [-0.3, -0.25) is 4.79 Å². The summed E-state index contributed by atoms with van der Waals surface area (Å²) in [6, 6.07) is 13.8. The minimum absolute atomic E-state index is 0.121. The lowest BCUT2D eigenvalue weighted by molar-refractivity contribution is -0.133. The van der Waals surface area contributed by atoms with E-state index in [2.05, 4.69) is 0 Å². The Hall–Kier alpha value is -1.36. The number of hydrogen-bond donors (Lipinski definition) is 1. The average Bonchev–Trinajstić information content (AvgIpc) is 2.97. The number of carbonyl (C=O) groups excluding carboxylic acids is 1. The molecule has 2 N–H and O–H groups in total. The maximum Gasteiger partial charge on any atom is 0.230 e. The predicted octanol–water partition coefficient (Wildman–Crippen LogP) is 3.88. The number of carbonyl (C=O) groups is 1. The molecule has 1 aromatic heterocycles. The van der Waals surface area contributed by atoms with Crippen molar-refractivity contribution in [3.05, 3.63) is 57.2 Å². The minimum atomic E-state index is -0.181. The predicted molar refractivity (Wildman–Crippen MR) is 93.3 cm³/mol. The van der Waals surface area contributed by atoms with Gasteiger partial charge in [-0.25, -0.2) is 0 Å². The molecule has 1 heterocycles. The Morgan fingerprint density at radius 3 is 2.59 bits per heavy atom. The third-order valence-electron chi connectivity index (χ3n) is 3.55. The fraction of sp³-hybridized carbons (Fsp3) is 0.353. The van der Waals surface area contributed by atoms with E-state index >= 15 is 0 Å². The van der Waals surface area contributed by atoms with Crippen molar-refractivity contribution in [2.75, 3.05) is 13.1 Å². The van der Waals surface area contributed by atoms with Crippen LogP contribution in [-0.2, 0) is 11.3 Å². The summed E-state index contributed by atoms with van der Waals surface area (Å²) in [6.07, 6.45) is 0.802. The van der Waals surface area contributed by atoms with Gasteiger partial charge in [0, 0.05) is 18.0 Å². The Labute approximate surface area is 140 Å². The number of amides is 1. The summed E-state index contributed by atoms with van der Waals surface area (Å²) in [6.45, 7) is 3.81. The standard InChI is InChI=1S/C17H21ClN2OS/c1-13(15-8-9-16(18)22-15)17(21)20(11-5-10-19)12-14-6-3-2-4-7-14/h2-4,6-9,13H,5,10-12,19H2,1H3. The molecule has 1 atom stereocenters. The molecule has 118 valence electrons. The molecular formula is C17H21ClN2OS. The summed E-state index contributed by atoms with van der Waals surface area (Å²) >= 11 is 7.44. The van der Waals surface area contributed by atoms with Crippen molar-refractivity contribution >= 4 is 28.8 Å². The van der Waals surface area contributed by atoms with Crippen molar-refractivity contribution in [1.29, 1.82) is 0 Å². The third-order valence-corrected chi connectivity index (χ3v) is 4.97. The Bertz CT molecular complexity index is 600. The Morgan fingerprint density at radius 2 is 2.00 bits per heavy atom. The van der Waals surface area contributed by atoms with E-state index in [4.69, 9.17) is 17.3 Å². The van der Waals surface area contributed by atoms with Crippen molar-refractivity contribution in [1.82, 2.24) is 4.90 Å². The fourth-order valence-corrected chi connectivity index (χ4v) is 3.41. The highest BCUT2D eigenvalue weighted by molar-refractivity contribution is 7.16. The summed E-state index contributed by atoms with van der Waals surface area (Å²) in [4.78, 5) is 15.7. The number of halogens is 1. The lowest BCUT2D eigenvalue weighted by Gasteiger charge is -2.25.